The fourth-order valence-electron chi connectivity index (χ4n) is 2.46. The van der Waals surface area contributed by atoms with Crippen LogP contribution in [0.25, 0.3) is 11.0 Å². The van der Waals surface area contributed by atoms with Crippen molar-refractivity contribution in [3.8, 4) is 5.75 Å². The Labute approximate surface area is 123 Å². The van der Waals surface area contributed by atoms with Gasteiger partial charge >= 0.3 is 0 Å². The van der Waals surface area contributed by atoms with E-state index in [0.717, 1.165) is 33.5 Å². The lowest BCUT2D eigenvalue weighted by Gasteiger charge is -2.09. The van der Waals surface area contributed by atoms with E-state index in [-0.39, 0.29) is 0 Å². The summed E-state index contributed by atoms with van der Waals surface area (Å²) >= 11 is 0. The van der Waals surface area contributed by atoms with E-state index in [4.69, 9.17) is 0 Å². The van der Waals surface area contributed by atoms with Crippen LogP contribution in [0.15, 0.2) is 30.5 Å². The van der Waals surface area contributed by atoms with Crippen LogP contribution in [0.3, 0.4) is 0 Å². The Balaban J connectivity index is 1.85. The highest BCUT2D eigenvalue weighted by Crippen LogP contribution is 2.24. The van der Waals surface area contributed by atoms with E-state index in [1.165, 1.54) is 0 Å². The molecule has 0 radical (unpaired) electrons. The van der Waals surface area contributed by atoms with Gasteiger partial charge in [-0.2, -0.15) is 5.10 Å². The van der Waals surface area contributed by atoms with Gasteiger partial charge in [-0.15, -0.1) is 0 Å². The SMILES string of the molecule is Cc1cccc(CNc2cnc3c(c2)c(C)nn3C)c1O. The molecular formula is C16H18N4O. The topological polar surface area (TPSA) is 63.0 Å². The van der Waals surface area contributed by atoms with Crippen LogP contribution in [-0.2, 0) is 13.6 Å². The minimum absolute atomic E-state index is 0.344. The number of phenols is 1. The lowest BCUT2D eigenvalue weighted by Crippen LogP contribution is -2.01. The number of rotatable bonds is 3. The van der Waals surface area contributed by atoms with E-state index in [2.05, 4.69) is 15.4 Å². The second kappa shape index (κ2) is 5.09. The molecule has 3 aromatic rings. The summed E-state index contributed by atoms with van der Waals surface area (Å²) in [6.07, 6.45) is 1.79. The van der Waals surface area contributed by atoms with Crippen LogP contribution in [0.1, 0.15) is 16.8 Å². The second-order valence-corrected chi connectivity index (χ2v) is 5.24. The fraction of sp³-hybridized carbons (Fsp3) is 0.250. The largest absolute Gasteiger partial charge is 0.507 e. The fourth-order valence-corrected chi connectivity index (χ4v) is 2.46. The van der Waals surface area contributed by atoms with Crippen molar-refractivity contribution in [2.24, 2.45) is 7.05 Å². The zero-order chi connectivity index (χ0) is 15.0. The lowest BCUT2D eigenvalue weighted by atomic mass is 10.1. The molecule has 0 atom stereocenters. The van der Waals surface area contributed by atoms with E-state index in [1.54, 1.807) is 10.9 Å². The summed E-state index contributed by atoms with van der Waals surface area (Å²) < 4.78 is 1.78. The van der Waals surface area contributed by atoms with E-state index >= 15 is 0 Å². The zero-order valence-corrected chi connectivity index (χ0v) is 12.4. The van der Waals surface area contributed by atoms with Gasteiger partial charge in [-0.25, -0.2) is 4.98 Å². The minimum atomic E-state index is 0.344. The van der Waals surface area contributed by atoms with Crippen LogP contribution in [0.2, 0.25) is 0 Å². The Hall–Kier alpha value is -2.56. The third kappa shape index (κ3) is 2.42. The molecule has 0 aliphatic heterocycles. The van der Waals surface area contributed by atoms with Gasteiger partial charge in [0.15, 0.2) is 5.65 Å². The Morgan fingerprint density at radius 3 is 2.90 bits per heavy atom. The third-order valence-corrected chi connectivity index (χ3v) is 3.67. The Bertz CT molecular complexity index is 807. The third-order valence-electron chi connectivity index (χ3n) is 3.67. The van der Waals surface area contributed by atoms with Crippen molar-refractivity contribution >= 4 is 16.7 Å². The normalized spacial score (nSPS) is 11.0. The van der Waals surface area contributed by atoms with Crippen LogP contribution in [0.5, 0.6) is 5.75 Å². The number of para-hydroxylation sites is 1. The van der Waals surface area contributed by atoms with Crippen molar-refractivity contribution in [1.82, 2.24) is 14.8 Å². The number of benzene rings is 1. The highest BCUT2D eigenvalue weighted by molar-refractivity contribution is 5.81. The number of pyridine rings is 1. The number of aryl methyl sites for hydroxylation is 3. The molecule has 0 amide bonds. The van der Waals surface area contributed by atoms with Gasteiger partial charge in [0.2, 0.25) is 0 Å². The molecule has 108 valence electrons. The molecule has 21 heavy (non-hydrogen) atoms. The summed E-state index contributed by atoms with van der Waals surface area (Å²) in [6.45, 7) is 4.42. The number of aromatic hydroxyl groups is 1. The molecule has 1 aromatic carbocycles. The quantitative estimate of drug-likeness (QED) is 0.775. The second-order valence-electron chi connectivity index (χ2n) is 5.24. The molecule has 3 rings (SSSR count). The van der Waals surface area contributed by atoms with Crippen molar-refractivity contribution in [3.05, 3.63) is 47.3 Å². The summed E-state index contributed by atoms with van der Waals surface area (Å²) in [5.74, 6) is 0.344. The molecule has 0 aliphatic carbocycles. The van der Waals surface area contributed by atoms with Gasteiger partial charge in [0, 0.05) is 24.5 Å². The summed E-state index contributed by atoms with van der Waals surface area (Å²) in [5.41, 5.74) is 4.50. The molecule has 2 aromatic heterocycles. The number of nitrogens with one attached hydrogen (secondary N) is 1. The van der Waals surface area contributed by atoms with Crippen molar-refractivity contribution in [2.45, 2.75) is 20.4 Å². The Morgan fingerprint density at radius 2 is 2.10 bits per heavy atom. The maximum atomic E-state index is 10.0. The molecule has 0 fully saturated rings. The first-order chi connectivity index (χ1) is 10.1. The van der Waals surface area contributed by atoms with Crippen LogP contribution in [0.4, 0.5) is 5.69 Å². The van der Waals surface area contributed by atoms with Gasteiger partial charge in [-0.1, -0.05) is 18.2 Å². The number of anilines is 1. The predicted molar refractivity (Wildman–Crippen MR) is 83.4 cm³/mol. The highest BCUT2D eigenvalue weighted by Gasteiger charge is 2.08. The molecule has 0 aliphatic rings. The molecular weight excluding hydrogens is 264 g/mol. The van der Waals surface area contributed by atoms with Gasteiger partial charge in [0.25, 0.3) is 0 Å². The summed E-state index contributed by atoms with van der Waals surface area (Å²) in [4.78, 5) is 4.43. The van der Waals surface area contributed by atoms with Gasteiger partial charge in [0.1, 0.15) is 5.75 Å². The van der Waals surface area contributed by atoms with Crippen LogP contribution in [0, 0.1) is 13.8 Å². The van der Waals surface area contributed by atoms with E-state index < -0.39 is 0 Å². The van der Waals surface area contributed by atoms with Crippen molar-refractivity contribution in [2.75, 3.05) is 5.32 Å². The number of phenolic OH excluding ortho intramolecular Hbond substituents is 1. The van der Waals surface area contributed by atoms with Gasteiger partial charge in [0.05, 0.1) is 17.6 Å². The molecule has 2 heterocycles. The maximum absolute atomic E-state index is 10.0. The number of hydrogen-bond acceptors (Lipinski definition) is 4. The average molecular weight is 282 g/mol. The predicted octanol–water partition coefficient (Wildman–Crippen LogP) is 2.90. The van der Waals surface area contributed by atoms with Crippen LogP contribution in [-0.4, -0.2) is 19.9 Å². The number of hydrogen-bond donors (Lipinski definition) is 2. The molecule has 0 unspecified atom stereocenters. The van der Waals surface area contributed by atoms with Crippen LogP contribution < -0.4 is 5.32 Å². The summed E-state index contributed by atoms with van der Waals surface area (Å²) in [5, 5.41) is 18.7. The van der Waals surface area contributed by atoms with Crippen LogP contribution >= 0.6 is 0 Å². The molecule has 2 N–H and O–H groups in total. The molecule has 5 nitrogen and oxygen atoms in total. The van der Waals surface area contributed by atoms with E-state index in [0.29, 0.717) is 12.3 Å². The molecule has 0 spiro atoms. The average Bonchev–Trinajstić information content (AvgIpc) is 2.75. The Morgan fingerprint density at radius 1 is 1.29 bits per heavy atom. The van der Waals surface area contributed by atoms with Gasteiger partial charge in [-0.3, -0.25) is 4.68 Å². The van der Waals surface area contributed by atoms with Gasteiger partial charge < -0.3 is 10.4 Å². The van der Waals surface area contributed by atoms with E-state index in [9.17, 15) is 5.11 Å². The van der Waals surface area contributed by atoms with Gasteiger partial charge in [-0.05, 0) is 25.5 Å². The number of fused-ring (bicyclic) bond motifs is 1. The highest BCUT2D eigenvalue weighted by atomic mass is 16.3. The number of aromatic nitrogens is 3. The Kier molecular flexibility index (Phi) is 3.25. The standard InChI is InChI=1S/C16H18N4O/c1-10-5-4-6-12(15(10)21)8-17-13-7-14-11(2)19-20(3)16(14)18-9-13/h4-7,9,17,21H,8H2,1-3H3. The summed E-state index contributed by atoms with van der Waals surface area (Å²) in [6, 6.07) is 7.79. The first-order valence-electron chi connectivity index (χ1n) is 6.87. The monoisotopic (exact) mass is 282 g/mol. The van der Waals surface area contributed by atoms with Crippen molar-refractivity contribution in [1.29, 1.82) is 0 Å². The minimum Gasteiger partial charge on any atom is -0.507 e. The molecule has 0 saturated carbocycles. The molecule has 0 bridgehead atoms. The smallest absolute Gasteiger partial charge is 0.157 e. The summed E-state index contributed by atoms with van der Waals surface area (Å²) in [7, 11) is 1.89. The first kappa shape index (κ1) is 13.4. The molecule has 0 saturated heterocycles. The van der Waals surface area contributed by atoms with E-state index in [1.807, 2.05) is 45.2 Å². The first-order valence-corrected chi connectivity index (χ1v) is 6.87. The lowest BCUT2D eigenvalue weighted by molar-refractivity contribution is 0.465. The maximum Gasteiger partial charge on any atom is 0.157 e. The zero-order valence-electron chi connectivity index (χ0n) is 12.4. The molecule has 5 heteroatoms. The van der Waals surface area contributed by atoms with Crippen molar-refractivity contribution < 1.29 is 5.11 Å². The van der Waals surface area contributed by atoms with Crippen molar-refractivity contribution in [3.63, 3.8) is 0 Å². The number of nitrogens with zero attached hydrogens (tertiary/aromatic N) is 3.